The van der Waals surface area contributed by atoms with Crippen LogP contribution in [0.2, 0.25) is 0 Å². The van der Waals surface area contributed by atoms with Crippen LogP contribution >= 0.6 is 0 Å². The van der Waals surface area contributed by atoms with E-state index in [4.69, 9.17) is 25.5 Å². The molecule has 32 heavy (non-hydrogen) atoms. The van der Waals surface area contributed by atoms with Crippen molar-refractivity contribution in [3.63, 3.8) is 0 Å². The summed E-state index contributed by atoms with van der Waals surface area (Å²) in [5.41, 5.74) is 1.06. The largest absolute Gasteiger partial charge is 4.00 e. The van der Waals surface area contributed by atoms with Crippen molar-refractivity contribution in [1.82, 2.24) is 17.3 Å². The van der Waals surface area contributed by atoms with Gasteiger partial charge in [0.1, 0.15) is 0 Å². The van der Waals surface area contributed by atoms with Crippen LogP contribution in [0.25, 0.3) is 21.7 Å². The number of hydrogen-bond acceptors (Lipinski definition) is 7. The van der Waals surface area contributed by atoms with Gasteiger partial charge in [-0.3, -0.25) is 9.78 Å². The Morgan fingerprint density at radius 2 is 1.47 bits per heavy atom. The molecule has 12 heteroatoms. The molecule has 0 bridgehead atoms. The molecular weight excluding hydrogens is 623 g/mol. The van der Waals surface area contributed by atoms with Gasteiger partial charge in [-0.2, -0.15) is 0 Å². The first-order chi connectivity index (χ1) is 13.5. The van der Waals surface area contributed by atoms with E-state index in [2.05, 4.69) is 42.2 Å². The molecule has 10 nitrogen and oxygen atoms in total. The van der Waals surface area contributed by atoms with E-state index in [9.17, 15) is 4.79 Å². The first kappa shape index (κ1) is 40.0. The molecule has 3 aromatic rings. The standard InChI is InChI=1S/C13H9N.C6H12O2.CH4O.ClH.HNO3.2H3N.Pt/c1-2-6-11-10(5-1)9-14-13-8-4-3-7-12(11)13;1-2-3-4-5-6(7)8;1-2;;2-1(3)4;;;/h1-9H;2-5H2,1H3,(H,7,8);2H,1H3;1H;(H,2,3,4);2*1H3;/q;;;;;;;+4/p-1. The number of carboxylic acid groups (broad SMARTS) is 1. The molecule has 0 aliphatic rings. The molecule has 0 amide bonds. The molecule has 9 N–H and O–H groups in total. The van der Waals surface area contributed by atoms with Gasteiger partial charge in [0.25, 0.3) is 5.09 Å². The number of aliphatic carboxylic acids is 1. The fourth-order valence-electron chi connectivity index (χ4n) is 2.33. The molecule has 0 aliphatic heterocycles. The van der Waals surface area contributed by atoms with E-state index in [-0.39, 0.29) is 45.8 Å². The van der Waals surface area contributed by atoms with Gasteiger partial charge in [-0.15, -0.1) is 10.1 Å². The van der Waals surface area contributed by atoms with E-state index in [0.717, 1.165) is 31.9 Å². The summed E-state index contributed by atoms with van der Waals surface area (Å²) in [5.74, 6) is -0.682. The smallest absolute Gasteiger partial charge is 1.00 e. The number of halogens is 1. The van der Waals surface area contributed by atoms with Gasteiger partial charge in [-0.1, -0.05) is 62.2 Å². The SMILES string of the molecule is CCCCCC(=O)O.CO.N.N.O=[N+]([O-])O.[Cl-].[Pt+4].c1ccc2c(c1)cnc1ccccc12. The summed E-state index contributed by atoms with van der Waals surface area (Å²) in [6, 6.07) is 16.6. The Morgan fingerprint density at radius 3 is 1.97 bits per heavy atom. The first-order valence-corrected chi connectivity index (χ1v) is 8.68. The fourth-order valence-corrected chi connectivity index (χ4v) is 2.33. The Morgan fingerprint density at radius 1 is 1.00 bits per heavy atom. The summed E-state index contributed by atoms with van der Waals surface area (Å²) in [4.78, 5) is 22.6. The summed E-state index contributed by atoms with van der Waals surface area (Å²) < 4.78 is 0. The molecule has 0 atom stereocenters. The van der Waals surface area contributed by atoms with Crippen LogP contribution in [0.1, 0.15) is 32.6 Å². The number of aliphatic hydroxyl groups excluding tert-OH is 1. The molecule has 1 aromatic heterocycles. The maximum absolute atomic E-state index is 9.87. The molecule has 182 valence electrons. The molecule has 0 saturated heterocycles. The second-order valence-electron chi connectivity index (χ2n) is 5.45. The monoisotopic (exact) mass is 654 g/mol. The van der Waals surface area contributed by atoms with Crippen molar-refractivity contribution in [3.8, 4) is 0 Å². The number of aromatic nitrogens is 1. The number of unbranched alkanes of at least 4 members (excludes halogenated alkanes) is 2. The summed E-state index contributed by atoms with van der Waals surface area (Å²) in [6.07, 6.45) is 5.21. The van der Waals surface area contributed by atoms with E-state index in [1.807, 2.05) is 24.4 Å². The first-order valence-electron chi connectivity index (χ1n) is 8.68. The second-order valence-corrected chi connectivity index (χ2v) is 5.45. The number of hydrogen-bond donors (Lipinski definition) is 5. The molecule has 0 saturated carbocycles. The predicted molar refractivity (Wildman–Crippen MR) is 118 cm³/mol. The average Bonchev–Trinajstić information content (AvgIpc) is 2.69. The zero-order chi connectivity index (χ0) is 21.4. The third-order valence-corrected chi connectivity index (χ3v) is 3.49. The van der Waals surface area contributed by atoms with Gasteiger partial charge in [-0.05, 0) is 17.9 Å². The quantitative estimate of drug-likeness (QED) is 0.120. The van der Waals surface area contributed by atoms with Gasteiger partial charge in [0.05, 0.1) is 5.52 Å². The molecule has 0 spiro atoms. The Labute approximate surface area is 208 Å². The van der Waals surface area contributed by atoms with E-state index in [1.165, 1.54) is 16.2 Å². The summed E-state index contributed by atoms with van der Waals surface area (Å²) in [7, 11) is 1.00. The van der Waals surface area contributed by atoms with E-state index in [1.54, 1.807) is 0 Å². The molecule has 0 aliphatic carbocycles. The topological polar surface area (TPSA) is 204 Å². The number of nitrogens with zero attached hydrogens (tertiary/aromatic N) is 2. The van der Waals surface area contributed by atoms with Crippen molar-refractivity contribution < 1.29 is 58.8 Å². The molecule has 1 heterocycles. The van der Waals surface area contributed by atoms with Crippen molar-refractivity contribution >= 4 is 27.6 Å². The van der Waals surface area contributed by atoms with Crippen LogP contribution in [-0.2, 0) is 25.9 Å². The van der Waals surface area contributed by atoms with Crippen molar-refractivity contribution in [3.05, 3.63) is 64.8 Å². The normalized spacial score (nSPS) is 7.97. The summed E-state index contributed by atoms with van der Waals surface area (Å²) in [6.45, 7) is 2.06. The molecule has 0 radical (unpaired) electrons. The number of aliphatic hydroxyl groups is 1. The third-order valence-electron chi connectivity index (χ3n) is 3.49. The number of fused-ring (bicyclic) bond motifs is 3. The molecular formula is C20H32ClN4O6Pt+3. The average molecular weight is 655 g/mol. The van der Waals surface area contributed by atoms with Crippen LogP contribution in [0.5, 0.6) is 0 Å². The Kier molecular flexibility index (Phi) is 31.2. The van der Waals surface area contributed by atoms with Crippen LogP contribution in [0.3, 0.4) is 0 Å². The maximum atomic E-state index is 9.87. The van der Waals surface area contributed by atoms with Crippen LogP contribution < -0.4 is 24.7 Å². The number of carboxylic acids is 1. The van der Waals surface area contributed by atoms with Gasteiger partial charge in [0.2, 0.25) is 0 Å². The fraction of sp³-hybridized carbons (Fsp3) is 0.300. The van der Waals surface area contributed by atoms with E-state index in [0.29, 0.717) is 6.42 Å². The molecule has 0 unspecified atom stereocenters. The maximum Gasteiger partial charge on any atom is 4.00 e. The number of rotatable bonds is 4. The van der Waals surface area contributed by atoms with Crippen molar-refractivity contribution in [2.45, 2.75) is 32.6 Å². The van der Waals surface area contributed by atoms with Gasteiger partial charge in [-0.25, -0.2) is 0 Å². The Hall–Kier alpha value is -2.36. The number of carbonyl (C=O) groups is 1. The minimum atomic E-state index is -1.50. The van der Waals surface area contributed by atoms with Crippen molar-refractivity contribution in [2.24, 2.45) is 0 Å². The van der Waals surface area contributed by atoms with Gasteiger partial charge >= 0.3 is 27.0 Å². The van der Waals surface area contributed by atoms with Gasteiger partial charge < -0.3 is 40.1 Å². The number of para-hydroxylation sites is 1. The number of benzene rings is 2. The van der Waals surface area contributed by atoms with Gasteiger partial charge in [0, 0.05) is 30.5 Å². The Balaban J connectivity index is -0.000000119. The van der Waals surface area contributed by atoms with Crippen molar-refractivity contribution in [1.29, 1.82) is 0 Å². The van der Waals surface area contributed by atoms with Gasteiger partial charge in [0.15, 0.2) is 0 Å². The zero-order valence-electron chi connectivity index (χ0n) is 18.1. The summed E-state index contributed by atoms with van der Waals surface area (Å²) >= 11 is 0. The van der Waals surface area contributed by atoms with E-state index >= 15 is 0 Å². The van der Waals surface area contributed by atoms with Crippen LogP contribution in [0.4, 0.5) is 0 Å². The summed E-state index contributed by atoms with van der Waals surface area (Å²) in [5, 5.41) is 32.5. The Bertz CT molecular complexity index is 815. The molecule has 3 rings (SSSR count). The van der Waals surface area contributed by atoms with Crippen LogP contribution in [0, 0.1) is 10.1 Å². The van der Waals surface area contributed by atoms with Crippen LogP contribution in [0.15, 0.2) is 54.7 Å². The minimum absolute atomic E-state index is 0. The third kappa shape index (κ3) is 17.3. The van der Waals surface area contributed by atoms with Crippen molar-refractivity contribution in [2.75, 3.05) is 7.11 Å². The molecule has 2 aromatic carbocycles. The molecule has 0 fully saturated rings. The second kappa shape index (κ2) is 24.9. The minimum Gasteiger partial charge on any atom is -1.00 e. The zero-order valence-corrected chi connectivity index (χ0v) is 21.1. The number of pyridine rings is 1. The van der Waals surface area contributed by atoms with Crippen LogP contribution in [-0.4, -0.2) is 38.6 Å². The van der Waals surface area contributed by atoms with E-state index < -0.39 is 11.1 Å². The predicted octanol–water partition coefficient (Wildman–Crippen LogP) is 1.63.